The maximum atomic E-state index is 14.7. The van der Waals surface area contributed by atoms with Crippen LogP contribution in [0.5, 0.6) is 11.5 Å². The molecule has 11 heteroatoms. The normalized spacial score (nSPS) is 27.3. The second-order valence-corrected chi connectivity index (χ2v) is 15.0. The van der Waals surface area contributed by atoms with Crippen molar-refractivity contribution >= 4 is 58.0 Å². The summed E-state index contributed by atoms with van der Waals surface area (Å²) in [6.07, 6.45) is 4.35. The molecule has 3 heterocycles. The number of aromatic hydroxyl groups is 1. The van der Waals surface area contributed by atoms with Gasteiger partial charge in [0.05, 0.1) is 45.8 Å². The van der Waals surface area contributed by atoms with E-state index in [0.29, 0.717) is 29.0 Å². The number of amides is 4. The molecule has 9 rings (SSSR count). The zero-order chi connectivity index (χ0) is 36.8. The lowest BCUT2D eigenvalue weighted by molar-refractivity contribution is -0.132. The summed E-state index contributed by atoms with van der Waals surface area (Å²) in [4.78, 5) is 60.2. The fourth-order valence-electron chi connectivity index (χ4n) is 9.35. The maximum absolute atomic E-state index is 14.7. The molecule has 4 aromatic carbocycles. The van der Waals surface area contributed by atoms with E-state index < -0.39 is 52.6 Å². The summed E-state index contributed by atoms with van der Waals surface area (Å²) in [5, 5.41) is 13.4. The number of anilines is 4. The SMILES string of the molecule is CC12C(=O)N(c3ccc(F)c(Cl)c3)C(=O)C1CC1C(=CCC3C(=O)N(c4ccc(Nc5ccccc5)cc4)C(=O)C31)C2C1=COc2ccc(O)cc2C1. The molecule has 6 atom stereocenters. The number of nitrogens with zero attached hydrogens (tertiary/aromatic N) is 2. The van der Waals surface area contributed by atoms with Crippen molar-refractivity contribution in [1.29, 1.82) is 0 Å². The molecule has 5 aliphatic rings. The number of hydrogen-bond acceptors (Lipinski definition) is 7. The lowest BCUT2D eigenvalue weighted by Crippen LogP contribution is -2.51. The van der Waals surface area contributed by atoms with E-state index >= 15 is 0 Å². The quantitative estimate of drug-likeness (QED) is 0.160. The highest BCUT2D eigenvalue weighted by atomic mass is 35.5. The molecule has 0 spiro atoms. The summed E-state index contributed by atoms with van der Waals surface area (Å²) < 4.78 is 20.3. The van der Waals surface area contributed by atoms with Gasteiger partial charge in [0.2, 0.25) is 23.6 Å². The van der Waals surface area contributed by atoms with E-state index in [2.05, 4.69) is 5.32 Å². The molecule has 3 fully saturated rings. The number of phenols is 1. The number of allylic oxidation sites excluding steroid dienone is 3. The summed E-state index contributed by atoms with van der Waals surface area (Å²) >= 11 is 6.13. The van der Waals surface area contributed by atoms with Crippen LogP contribution in [0.25, 0.3) is 0 Å². The fraction of sp³-hybridized carbons (Fsp3) is 0.238. The van der Waals surface area contributed by atoms with Gasteiger partial charge in [0, 0.05) is 29.3 Å². The molecule has 2 N–H and O–H groups in total. The summed E-state index contributed by atoms with van der Waals surface area (Å²) in [6, 6.07) is 25.3. The number of para-hydroxylation sites is 1. The van der Waals surface area contributed by atoms with Gasteiger partial charge in [0.25, 0.3) is 0 Å². The van der Waals surface area contributed by atoms with E-state index in [1.165, 1.54) is 23.1 Å². The van der Waals surface area contributed by atoms with Crippen molar-refractivity contribution in [2.24, 2.45) is 35.0 Å². The molecule has 6 unspecified atom stereocenters. The van der Waals surface area contributed by atoms with Crippen molar-refractivity contribution in [2.45, 2.75) is 26.2 Å². The first kappa shape index (κ1) is 33.1. The summed E-state index contributed by atoms with van der Waals surface area (Å²) in [6.45, 7) is 1.77. The van der Waals surface area contributed by atoms with Crippen LogP contribution in [0, 0.1) is 40.8 Å². The zero-order valence-corrected chi connectivity index (χ0v) is 29.2. The number of benzene rings is 4. The topological polar surface area (TPSA) is 116 Å². The van der Waals surface area contributed by atoms with Crippen LogP contribution >= 0.6 is 11.6 Å². The van der Waals surface area contributed by atoms with Gasteiger partial charge in [-0.3, -0.25) is 24.1 Å². The number of nitrogens with one attached hydrogen (secondary N) is 1. The highest BCUT2D eigenvalue weighted by Crippen LogP contribution is 2.63. The Morgan fingerprint density at radius 1 is 0.849 bits per heavy atom. The van der Waals surface area contributed by atoms with Crippen LogP contribution in [0.1, 0.15) is 25.3 Å². The highest BCUT2D eigenvalue weighted by molar-refractivity contribution is 6.32. The minimum Gasteiger partial charge on any atom is -0.508 e. The number of halogens is 2. The van der Waals surface area contributed by atoms with Crippen LogP contribution in [-0.2, 0) is 25.6 Å². The maximum Gasteiger partial charge on any atom is 0.241 e. The van der Waals surface area contributed by atoms with Crippen molar-refractivity contribution in [3.63, 3.8) is 0 Å². The predicted molar refractivity (Wildman–Crippen MR) is 196 cm³/mol. The van der Waals surface area contributed by atoms with E-state index in [9.17, 15) is 28.7 Å². The van der Waals surface area contributed by atoms with E-state index in [1.54, 1.807) is 37.5 Å². The van der Waals surface area contributed by atoms with E-state index in [1.807, 2.05) is 48.5 Å². The van der Waals surface area contributed by atoms with Crippen molar-refractivity contribution in [2.75, 3.05) is 15.1 Å². The Bertz CT molecular complexity index is 2310. The molecule has 4 aromatic rings. The predicted octanol–water partition coefficient (Wildman–Crippen LogP) is 7.72. The van der Waals surface area contributed by atoms with Gasteiger partial charge >= 0.3 is 0 Å². The molecule has 2 aliphatic carbocycles. The van der Waals surface area contributed by atoms with E-state index in [0.717, 1.165) is 27.9 Å². The number of ether oxygens (including phenoxy) is 1. The van der Waals surface area contributed by atoms with Crippen molar-refractivity contribution in [3.8, 4) is 11.5 Å². The number of rotatable bonds is 5. The molecular weight excluding hydrogens is 697 g/mol. The Kier molecular flexibility index (Phi) is 7.60. The first-order chi connectivity index (χ1) is 25.5. The molecule has 266 valence electrons. The Morgan fingerprint density at radius 2 is 1.58 bits per heavy atom. The minimum absolute atomic E-state index is 0.0597. The third-order valence-electron chi connectivity index (χ3n) is 11.8. The van der Waals surface area contributed by atoms with E-state index in [4.69, 9.17) is 16.3 Å². The average Bonchev–Trinajstić information content (AvgIpc) is 3.52. The first-order valence-electron chi connectivity index (χ1n) is 17.6. The lowest BCUT2D eigenvalue weighted by atomic mass is 9.51. The summed E-state index contributed by atoms with van der Waals surface area (Å²) in [7, 11) is 0. The monoisotopic (exact) mass is 729 g/mol. The van der Waals surface area contributed by atoms with Crippen LogP contribution in [0.4, 0.5) is 27.1 Å². The molecule has 0 bridgehead atoms. The molecule has 2 saturated heterocycles. The molecule has 0 radical (unpaired) electrons. The zero-order valence-electron chi connectivity index (χ0n) is 28.5. The first-order valence-corrected chi connectivity index (χ1v) is 17.9. The van der Waals surface area contributed by atoms with Crippen LogP contribution in [0.3, 0.4) is 0 Å². The van der Waals surface area contributed by atoms with Crippen LogP contribution in [-0.4, -0.2) is 28.7 Å². The second kappa shape index (κ2) is 12.2. The standard InChI is InChI=1S/C42H33ClFN3O6/c1-42-32(39(50)47(41(42)52)27-11-15-34(44)33(43)19-27)20-31-29(37(42)23-17-22-18-28(48)12-16-35(22)53-21-23)13-14-30-36(31)40(51)46(38(30)49)26-9-7-25(8-10-26)45-24-5-3-2-4-6-24/h2-13,15-16,18-19,21,30-32,36-37,45,48H,14,17,20H2,1H3. The Balaban J connectivity index is 1.10. The lowest BCUT2D eigenvalue weighted by Gasteiger charge is -2.49. The highest BCUT2D eigenvalue weighted by Gasteiger charge is 2.68. The smallest absolute Gasteiger partial charge is 0.241 e. The molecule has 9 nitrogen and oxygen atoms in total. The largest absolute Gasteiger partial charge is 0.508 e. The van der Waals surface area contributed by atoms with Crippen LogP contribution < -0.4 is 19.9 Å². The molecule has 53 heavy (non-hydrogen) atoms. The number of fused-ring (bicyclic) bond motifs is 5. The number of hydrogen-bond donors (Lipinski definition) is 2. The summed E-state index contributed by atoms with van der Waals surface area (Å²) in [5.41, 5.74) is 3.22. The molecule has 0 aromatic heterocycles. The van der Waals surface area contributed by atoms with Gasteiger partial charge < -0.3 is 15.2 Å². The van der Waals surface area contributed by atoms with Gasteiger partial charge in [-0.1, -0.05) is 41.4 Å². The average molecular weight is 730 g/mol. The number of phenolic OH excluding ortho intramolecular Hbond substituents is 1. The summed E-state index contributed by atoms with van der Waals surface area (Å²) in [5.74, 6) is -5.13. The fourth-order valence-corrected chi connectivity index (χ4v) is 9.53. The van der Waals surface area contributed by atoms with Gasteiger partial charge in [0.1, 0.15) is 17.3 Å². The van der Waals surface area contributed by atoms with Crippen molar-refractivity contribution in [3.05, 3.63) is 131 Å². The molecular formula is C42H33ClFN3O6. The molecule has 1 saturated carbocycles. The van der Waals surface area contributed by atoms with Gasteiger partial charge in [-0.15, -0.1) is 0 Å². The Hall–Kier alpha value is -5.74. The third-order valence-corrected chi connectivity index (χ3v) is 12.1. The van der Waals surface area contributed by atoms with Crippen molar-refractivity contribution < 1.29 is 33.4 Å². The Morgan fingerprint density at radius 3 is 2.34 bits per heavy atom. The number of carbonyl (C=O) groups is 4. The van der Waals surface area contributed by atoms with Gasteiger partial charge in [-0.25, -0.2) is 9.29 Å². The van der Waals surface area contributed by atoms with Gasteiger partial charge in [-0.05, 0) is 104 Å². The molecule has 3 aliphatic heterocycles. The third kappa shape index (κ3) is 5.03. The number of carbonyl (C=O) groups excluding carboxylic acids is 4. The van der Waals surface area contributed by atoms with Crippen molar-refractivity contribution in [1.82, 2.24) is 0 Å². The van der Waals surface area contributed by atoms with Crippen LogP contribution in [0.15, 0.2) is 114 Å². The second-order valence-electron chi connectivity index (χ2n) is 14.6. The number of imide groups is 2. The van der Waals surface area contributed by atoms with Gasteiger partial charge in [0.15, 0.2) is 0 Å². The van der Waals surface area contributed by atoms with E-state index in [-0.39, 0.29) is 41.1 Å². The minimum atomic E-state index is -1.32. The van der Waals surface area contributed by atoms with Crippen LogP contribution in [0.2, 0.25) is 5.02 Å². The molecule has 4 amide bonds. The Labute approximate surface area is 309 Å². The van der Waals surface area contributed by atoms with Gasteiger partial charge in [-0.2, -0.15) is 0 Å².